The van der Waals surface area contributed by atoms with E-state index in [9.17, 15) is 0 Å². The summed E-state index contributed by atoms with van der Waals surface area (Å²) in [5.41, 5.74) is 0. The van der Waals surface area contributed by atoms with Crippen LogP contribution < -0.4 is 15.4 Å². The van der Waals surface area contributed by atoms with Crippen LogP contribution in [0.2, 0.25) is 0 Å². The van der Waals surface area contributed by atoms with E-state index in [1.807, 2.05) is 13.8 Å². The molecule has 2 atom stereocenters. The van der Waals surface area contributed by atoms with E-state index in [-0.39, 0.29) is 6.10 Å². The first-order valence-electron chi connectivity index (χ1n) is 7.43. The van der Waals surface area contributed by atoms with Gasteiger partial charge in [0.2, 0.25) is 11.9 Å². The standard InChI is InChI=1S/C14H25N5O/c1-9(2)20-14-18-12(15-4)17-13(19-14)16-8-11-7-5-6-10(11)3/h9-11H,5-8H2,1-4H3,(H2,15,16,17,18,19). The Balaban J connectivity index is 2.02. The van der Waals surface area contributed by atoms with Gasteiger partial charge in [0.05, 0.1) is 6.10 Å². The fourth-order valence-corrected chi connectivity index (χ4v) is 2.56. The molecule has 0 aromatic carbocycles. The Labute approximate surface area is 120 Å². The van der Waals surface area contributed by atoms with E-state index < -0.39 is 0 Å². The van der Waals surface area contributed by atoms with E-state index in [1.54, 1.807) is 7.05 Å². The van der Waals surface area contributed by atoms with Gasteiger partial charge in [0, 0.05) is 13.6 Å². The van der Waals surface area contributed by atoms with Crippen LogP contribution in [-0.4, -0.2) is 34.6 Å². The van der Waals surface area contributed by atoms with Gasteiger partial charge >= 0.3 is 6.01 Å². The van der Waals surface area contributed by atoms with Gasteiger partial charge in [-0.2, -0.15) is 15.0 Å². The summed E-state index contributed by atoms with van der Waals surface area (Å²) in [6, 6.07) is 0.362. The zero-order valence-electron chi connectivity index (χ0n) is 12.8. The van der Waals surface area contributed by atoms with Gasteiger partial charge in [0.25, 0.3) is 0 Å². The van der Waals surface area contributed by atoms with Gasteiger partial charge in [-0.25, -0.2) is 0 Å². The highest BCUT2D eigenvalue weighted by Gasteiger charge is 2.23. The Morgan fingerprint density at radius 1 is 1.20 bits per heavy atom. The van der Waals surface area contributed by atoms with Crippen LogP contribution in [-0.2, 0) is 0 Å². The minimum atomic E-state index is 0.0461. The lowest BCUT2D eigenvalue weighted by Crippen LogP contribution is -2.19. The maximum Gasteiger partial charge on any atom is 0.323 e. The maximum atomic E-state index is 5.55. The number of hydrogen-bond donors (Lipinski definition) is 2. The highest BCUT2D eigenvalue weighted by molar-refractivity contribution is 5.35. The molecule has 1 saturated carbocycles. The molecule has 0 bridgehead atoms. The van der Waals surface area contributed by atoms with E-state index in [1.165, 1.54) is 19.3 Å². The highest BCUT2D eigenvalue weighted by Crippen LogP contribution is 2.31. The first-order chi connectivity index (χ1) is 9.58. The molecule has 1 aromatic heterocycles. The monoisotopic (exact) mass is 279 g/mol. The fraction of sp³-hybridized carbons (Fsp3) is 0.786. The van der Waals surface area contributed by atoms with Crippen LogP contribution in [0.15, 0.2) is 0 Å². The van der Waals surface area contributed by atoms with Gasteiger partial charge in [-0.15, -0.1) is 0 Å². The minimum Gasteiger partial charge on any atom is -0.461 e. The van der Waals surface area contributed by atoms with Crippen molar-refractivity contribution in [3.05, 3.63) is 0 Å². The maximum absolute atomic E-state index is 5.55. The van der Waals surface area contributed by atoms with Gasteiger partial charge in [0.15, 0.2) is 0 Å². The Morgan fingerprint density at radius 3 is 2.55 bits per heavy atom. The second-order valence-corrected chi connectivity index (χ2v) is 5.73. The van der Waals surface area contributed by atoms with Crippen molar-refractivity contribution in [2.45, 2.75) is 46.1 Å². The van der Waals surface area contributed by atoms with Gasteiger partial charge in [-0.1, -0.05) is 19.8 Å². The van der Waals surface area contributed by atoms with Crippen molar-refractivity contribution in [1.82, 2.24) is 15.0 Å². The third-order valence-corrected chi connectivity index (χ3v) is 3.74. The number of rotatable bonds is 6. The predicted octanol–water partition coefficient (Wildman–Crippen LogP) is 2.55. The van der Waals surface area contributed by atoms with Crippen molar-refractivity contribution < 1.29 is 4.74 Å². The number of nitrogens with one attached hydrogen (secondary N) is 2. The second-order valence-electron chi connectivity index (χ2n) is 5.73. The number of aromatic nitrogens is 3. The van der Waals surface area contributed by atoms with E-state index >= 15 is 0 Å². The molecule has 0 amide bonds. The van der Waals surface area contributed by atoms with Crippen molar-refractivity contribution in [1.29, 1.82) is 0 Å². The summed E-state index contributed by atoms with van der Waals surface area (Å²) in [5, 5.41) is 6.26. The molecule has 0 saturated heterocycles. The topological polar surface area (TPSA) is 72.0 Å². The van der Waals surface area contributed by atoms with E-state index in [0.29, 0.717) is 23.8 Å². The Morgan fingerprint density at radius 2 is 1.95 bits per heavy atom. The zero-order chi connectivity index (χ0) is 14.5. The summed E-state index contributed by atoms with van der Waals surface area (Å²) in [4.78, 5) is 12.8. The first kappa shape index (κ1) is 14.8. The third-order valence-electron chi connectivity index (χ3n) is 3.74. The van der Waals surface area contributed by atoms with E-state index in [0.717, 1.165) is 12.5 Å². The SMILES string of the molecule is CNc1nc(NCC2CCCC2C)nc(OC(C)C)n1. The lowest BCUT2D eigenvalue weighted by atomic mass is 9.98. The number of ether oxygens (including phenoxy) is 1. The molecule has 1 aliphatic rings. The van der Waals surface area contributed by atoms with Crippen LogP contribution in [0.1, 0.15) is 40.0 Å². The smallest absolute Gasteiger partial charge is 0.323 e. The molecule has 112 valence electrons. The van der Waals surface area contributed by atoms with E-state index in [2.05, 4.69) is 32.5 Å². The van der Waals surface area contributed by atoms with Gasteiger partial charge in [-0.05, 0) is 32.1 Å². The molecule has 0 aliphatic heterocycles. The van der Waals surface area contributed by atoms with Crippen LogP contribution in [0.5, 0.6) is 6.01 Å². The summed E-state index contributed by atoms with van der Waals surface area (Å²) in [6.07, 6.45) is 3.99. The molecule has 6 heteroatoms. The average molecular weight is 279 g/mol. The van der Waals surface area contributed by atoms with E-state index in [4.69, 9.17) is 4.74 Å². The lowest BCUT2D eigenvalue weighted by molar-refractivity contribution is 0.222. The summed E-state index contributed by atoms with van der Waals surface area (Å²) in [5.74, 6) is 2.59. The predicted molar refractivity (Wildman–Crippen MR) is 80.1 cm³/mol. The lowest BCUT2D eigenvalue weighted by Gasteiger charge is -2.16. The van der Waals surface area contributed by atoms with Gasteiger partial charge in [0.1, 0.15) is 0 Å². The third kappa shape index (κ3) is 3.95. The largest absolute Gasteiger partial charge is 0.461 e. The molecule has 2 unspecified atom stereocenters. The molecule has 6 nitrogen and oxygen atoms in total. The molecule has 0 radical (unpaired) electrons. The van der Waals surface area contributed by atoms with Crippen LogP contribution >= 0.6 is 0 Å². The summed E-state index contributed by atoms with van der Waals surface area (Å²) < 4.78 is 5.55. The normalized spacial score (nSPS) is 22.1. The quantitative estimate of drug-likeness (QED) is 0.834. The van der Waals surface area contributed by atoms with Crippen LogP contribution in [0.3, 0.4) is 0 Å². The van der Waals surface area contributed by atoms with Gasteiger partial charge < -0.3 is 15.4 Å². The number of nitrogens with zero attached hydrogens (tertiary/aromatic N) is 3. The Kier molecular flexibility index (Phi) is 4.98. The van der Waals surface area contributed by atoms with Gasteiger partial charge in [-0.3, -0.25) is 0 Å². The first-order valence-corrected chi connectivity index (χ1v) is 7.43. The summed E-state index contributed by atoms with van der Waals surface area (Å²) >= 11 is 0. The van der Waals surface area contributed by atoms with Crippen molar-refractivity contribution in [2.75, 3.05) is 24.2 Å². The molecular weight excluding hydrogens is 254 g/mol. The molecule has 1 fully saturated rings. The molecule has 0 spiro atoms. The Hall–Kier alpha value is -1.59. The molecule has 1 aromatic rings. The molecule has 2 N–H and O–H groups in total. The molecule has 20 heavy (non-hydrogen) atoms. The minimum absolute atomic E-state index is 0.0461. The molecule has 2 rings (SSSR count). The van der Waals surface area contributed by atoms with Crippen LogP contribution in [0.4, 0.5) is 11.9 Å². The molecular formula is C14H25N5O. The summed E-state index contributed by atoms with van der Waals surface area (Å²) in [7, 11) is 1.79. The van der Waals surface area contributed by atoms with Crippen molar-refractivity contribution in [3.63, 3.8) is 0 Å². The summed E-state index contributed by atoms with van der Waals surface area (Å²) in [6.45, 7) is 7.14. The Bertz CT molecular complexity index is 438. The molecule has 1 aliphatic carbocycles. The number of hydrogen-bond acceptors (Lipinski definition) is 6. The zero-order valence-corrected chi connectivity index (χ0v) is 12.8. The molecule has 1 heterocycles. The highest BCUT2D eigenvalue weighted by atomic mass is 16.5. The van der Waals surface area contributed by atoms with Crippen molar-refractivity contribution in [3.8, 4) is 6.01 Å². The van der Waals surface area contributed by atoms with Crippen LogP contribution in [0.25, 0.3) is 0 Å². The fourth-order valence-electron chi connectivity index (χ4n) is 2.56. The number of anilines is 2. The second kappa shape index (κ2) is 6.72. The average Bonchev–Trinajstić information content (AvgIpc) is 2.81. The van der Waals surface area contributed by atoms with Crippen molar-refractivity contribution >= 4 is 11.9 Å². The van der Waals surface area contributed by atoms with Crippen LogP contribution in [0, 0.1) is 11.8 Å². The van der Waals surface area contributed by atoms with Crippen molar-refractivity contribution in [2.24, 2.45) is 11.8 Å².